The Kier molecular flexibility index (Phi) is 5.09. The van der Waals surface area contributed by atoms with Crippen molar-refractivity contribution in [3.05, 3.63) is 0 Å². The van der Waals surface area contributed by atoms with Gasteiger partial charge in [-0.15, -0.1) is 0 Å². The second-order valence-corrected chi connectivity index (χ2v) is 5.08. The Labute approximate surface area is 95.8 Å². The first-order valence-electron chi connectivity index (χ1n) is 6.16. The van der Waals surface area contributed by atoms with Gasteiger partial charge in [0.15, 0.2) is 0 Å². The third-order valence-corrected chi connectivity index (χ3v) is 3.66. The van der Waals surface area contributed by atoms with Crippen molar-refractivity contribution < 1.29 is 13.2 Å². The summed E-state index contributed by atoms with van der Waals surface area (Å²) in [4.78, 5) is 0. The van der Waals surface area contributed by atoms with Gasteiger partial charge in [-0.25, -0.2) is 0 Å². The number of alkyl halides is 3. The van der Waals surface area contributed by atoms with E-state index in [2.05, 4.69) is 12.2 Å². The second kappa shape index (κ2) is 5.89. The molecule has 0 aromatic carbocycles. The third-order valence-electron chi connectivity index (χ3n) is 3.66. The monoisotopic (exact) mass is 237 g/mol. The fourth-order valence-corrected chi connectivity index (χ4v) is 2.78. The van der Waals surface area contributed by atoms with Gasteiger partial charge < -0.3 is 5.32 Å². The van der Waals surface area contributed by atoms with Crippen LogP contribution in [0.3, 0.4) is 0 Å². The van der Waals surface area contributed by atoms with Crippen molar-refractivity contribution in [3.8, 4) is 0 Å². The van der Waals surface area contributed by atoms with Gasteiger partial charge in [0, 0.05) is 12.5 Å². The fraction of sp³-hybridized carbons (Fsp3) is 1.00. The van der Waals surface area contributed by atoms with Crippen molar-refractivity contribution in [1.29, 1.82) is 0 Å². The zero-order valence-corrected chi connectivity index (χ0v) is 10.1. The van der Waals surface area contributed by atoms with E-state index in [1.54, 1.807) is 7.05 Å². The molecule has 16 heavy (non-hydrogen) atoms. The largest absolute Gasteiger partial charge is 0.389 e. The van der Waals surface area contributed by atoms with Crippen LogP contribution in [0.2, 0.25) is 0 Å². The summed E-state index contributed by atoms with van der Waals surface area (Å²) >= 11 is 0. The van der Waals surface area contributed by atoms with E-state index < -0.39 is 12.6 Å². The van der Waals surface area contributed by atoms with Crippen molar-refractivity contribution in [2.24, 2.45) is 11.8 Å². The van der Waals surface area contributed by atoms with Gasteiger partial charge in [0.1, 0.15) is 0 Å². The van der Waals surface area contributed by atoms with Crippen LogP contribution in [0.1, 0.15) is 45.4 Å². The Balaban J connectivity index is 2.40. The number of hydrogen-bond acceptors (Lipinski definition) is 1. The van der Waals surface area contributed by atoms with Crippen LogP contribution in [0.15, 0.2) is 0 Å². The van der Waals surface area contributed by atoms with Crippen molar-refractivity contribution in [2.75, 3.05) is 7.05 Å². The van der Waals surface area contributed by atoms with Crippen LogP contribution in [0.5, 0.6) is 0 Å². The number of hydrogen-bond donors (Lipinski definition) is 1. The Morgan fingerprint density at radius 1 is 1.31 bits per heavy atom. The molecule has 3 unspecified atom stereocenters. The first-order chi connectivity index (χ1) is 7.42. The standard InChI is InChI=1S/C12H22F3N/c1-9-4-3-5-10(8-9)11(16-2)6-7-12(13,14)15/h9-11,16H,3-8H2,1-2H3. The van der Waals surface area contributed by atoms with Gasteiger partial charge in [0.05, 0.1) is 0 Å². The normalized spacial score (nSPS) is 29.1. The lowest BCUT2D eigenvalue weighted by Gasteiger charge is -2.33. The molecule has 96 valence electrons. The molecule has 0 saturated heterocycles. The summed E-state index contributed by atoms with van der Waals surface area (Å²) in [7, 11) is 1.78. The SMILES string of the molecule is CNC(CCC(F)(F)F)C1CCCC(C)C1. The summed E-state index contributed by atoms with van der Waals surface area (Å²) in [6.07, 6.45) is 0.0788. The molecule has 0 aromatic heterocycles. The van der Waals surface area contributed by atoms with E-state index in [9.17, 15) is 13.2 Å². The van der Waals surface area contributed by atoms with Crippen molar-refractivity contribution >= 4 is 0 Å². The number of halogens is 3. The summed E-state index contributed by atoms with van der Waals surface area (Å²) in [6, 6.07) is 0.0318. The summed E-state index contributed by atoms with van der Waals surface area (Å²) in [6.45, 7) is 2.20. The van der Waals surface area contributed by atoms with Gasteiger partial charge in [0.25, 0.3) is 0 Å². The van der Waals surface area contributed by atoms with Crippen LogP contribution in [-0.2, 0) is 0 Å². The lowest BCUT2D eigenvalue weighted by atomic mass is 9.77. The van der Waals surface area contributed by atoms with Crippen molar-refractivity contribution in [1.82, 2.24) is 5.32 Å². The highest BCUT2D eigenvalue weighted by Gasteiger charge is 2.31. The smallest absolute Gasteiger partial charge is 0.317 e. The number of nitrogens with one attached hydrogen (secondary N) is 1. The van der Waals surface area contributed by atoms with Crippen LogP contribution in [0.4, 0.5) is 13.2 Å². The molecule has 1 aliphatic carbocycles. The lowest BCUT2D eigenvalue weighted by Crippen LogP contribution is -2.37. The Morgan fingerprint density at radius 2 is 2.00 bits per heavy atom. The maximum absolute atomic E-state index is 12.2. The van der Waals surface area contributed by atoms with Gasteiger partial charge >= 0.3 is 6.18 Å². The minimum Gasteiger partial charge on any atom is -0.317 e. The first-order valence-corrected chi connectivity index (χ1v) is 6.16. The summed E-state index contributed by atoms with van der Waals surface area (Å²) < 4.78 is 36.5. The molecular formula is C12H22F3N. The second-order valence-electron chi connectivity index (χ2n) is 5.08. The minimum absolute atomic E-state index is 0.0318. The zero-order valence-electron chi connectivity index (χ0n) is 10.1. The van der Waals surface area contributed by atoms with Crippen LogP contribution in [0.25, 0.3) is 0 Å². The summed E-state index contributed by atoms with van der Waals surface area (Å²) in [5.74, 6) is 1.09. The molecule has 0 heterocycles. The van der Waals surface area contributed by atoms with E-state index in [-0.39, 0.29) is 12.5 Å². The average molecular weight is 237 g/mol. The predicted octanol–water partition coefficient (Wildman–Crippen LogP) is 3.74. The molecule has 1 aliphatic rings. The van der Waals surface area contributed by atoms with E-state index in [4.69, 9.17) is 0 Å². The lowest BCUT2D eigenvalue weighted by molar-refractivity contribution is -0.137. The van der Waals surface area contributed by atoms with Gasteiger partial charge in [0.2, 0.25) is 0 Å². The maximum atomic E-state index is 12.2. The molecule has 1 fully saturated rings. The summed E-state index contributed by atoms with van der Waals surface area (Å²) in [5.41, 5.74) is 0. The van der Waals surface area contributed by atoms with Gasteiger partial charge in [-0.05, 0) is 38.1 Å². The summed E-state index contributed by atoms with van der Waals surface area (Å²) in [5, 5.41) is 3.06. The molecule has 1 rings (SSSR count). The molecule has 0 amide bonds. The molecular weight excluding hydrogens is 215 g/mol. The molecule has 0 aromatic rings. The van der Waals surface area contributed by atoms with Crippen LogP contribution >= 0.6 is 0 Å². The van der Waals surface area contributed by atoms with Crippen LogP contribution < -0.4 is 5.32 Å². The van der Waals surface area contributed by atoms with Gasteiger partial charge in [-0.3, -0.25) is 0 Å². The van der Waals surface area contributed by atoms with E-state index in [1.807, 2.05) is 0 Å². The van der Waals surface area contributed by atoms with Crippen molar-refractivity contribution in [2.45, 2.75) is 57.7 Å². The highest BCUT2D eigenvalue weighted by molar-refractivity contribution is 4.81. The van der Waals surface area contributed by atoms with Crippen LogP contribution in [-0.4, -0.2) is 19.3 Å². The van der Waals surface area contributed by atoms with E-state index in [1.165, 1.54) is 6.42 Å². The molecule has 0 spiro atoms. The molecule has 1 N–H and O–H groups in total. The molecule has 1 saturated carbocycles. The number of rotatable bonds is 4. The van der Waals surface area contributed by atoms with E-state index in [0.717, 1.165) is 19.3 Å². The van der Waals surface area contributed by atoms with E-state index >= 15 is 0 Å². The Morgan fingerprint density at radius 3 is 2.50 bits per heavy atom. The molecule has 0 bridgehead atoms. The minimum atomic E-state index is -4.02. The molecule has 0 radical (unpaired) electrons. The third kappa shape index (κ3) is 4.73. The molecule has 3 atom stereocenters. The topological polar surface area (TPSA) is 12.0 Å². The zero-order chi connectivity index (χ0) is 12.2. The molecule has 4 heteroatoms. The average Bonchev–Trinajstić information content (AvgIpc) is 2.17. The predicted molar refractivity (Wildman–Crippen MR) is 59.3 cm³/mol. The molecule has 0 aliphatic heterocycles. The Hall–Kier alpha value is -0.250. The first kappa shape index (κ1) is 13.8. The van der Waals surface area contributed by atoms with E-state index in [0.29, 0.717) is 11.8 Å². The molecule has 1 nitrogen and oxygen atoms in total. The van der Waals surface area contributed by atoms with Gasteiger partial charge in [-0.1, -0.05) is 19.8 Å². The highest BCUT2D eigenvalue weighted by atomic mass is 19.4. The maximum Gasteiger partial charge on any atom is 0.389 e. The van der Waals surface area contributed by atoms with Crippen LogP contribution in [0, 0.1) is 11.8 Å². The fourth-order valence-electron chi connectivity index (χ4n) is 2.78. The highest BCUT2D eigenvalue weighted by Crippen LogP contribution is 2.33. The van der Waals surface area contributed by atoms with Gasteiger partial charge in [-0.2, -0.15) is 13.2 Å². The van der Waals surface area contributed by atoms with Crippen molar-refractivity contribution in [3.63, 3.8) is 0 Å². The Bertz CT molecular complexity index is 203. The quantitative estimate of drug-likeness (QED) is 0.785.